The van der Waals surface area contributed by atoms with Crippen molar-refractivity contribution in [3.63, 3.8) is 0 Å². The maximum atomic E-state index is 12.2. The van der Waals surface area contributed by atoms with Crippen LogP contribution in [-0.2, 0) is 16.1 Å². The zero-order chi connectivity index (χ0) is 13.9. The van der Waals surface area contributed by atoms with Crippen LogP contribution in [0.5, 0.6) is 0 Å². The molecule has 20 heavy (non-hydrogen) atoms. The fourth-order valence-electron chi connectivity index (χ4n) is 3.99. The number of fused-ring (bicyclic) bond motifs is 2. The van der Waals surface area contributed by atoms with E-state index in [1.165, 1.54) is 24.8 Å². The number of carbonyl (C=O) groups is 1. The Balaban J connectivity index is 1.65. The van der Waals surface area contributed by atoms with E-state index in [0.29, 0.717) is 24.5 Å². The number of ether oxygens (including phenoxy) is 1. The molecule has 4 unspecified atom stereocenters. The Bertz CT molecular complexity index is 459. The molecule has 3 nitrogen and oxygen atoms in total. The van der Waals surface area contributed by atoms with E-state index < -0.39 is 0 Å². The lowest BCUT2D eigenvalue weighted by Crippen LogP contribution is -2.44. The van der Waals surface area contributed by atoms with E-state index in [-0.39, 0.29) is 11.9 Å². The summed E-state index contributed by atoms with van der Waals surface area (Å²) >= 11 is 0. The van der Waals surface area contributed by atoms with Gasteiger partial charge < -0.3 is 10.1 Å². The maximum absolute atomic E-state index is 12.2. The number of hydrogen-bond acceptors (Lipinski definition) is 3. The SMILES string of the molecule is CCOC(=O)C1C2CCC(C2)C1NCc1ccccc1. The van der Waals surface area contributed by atoms with Crippen LogP contribution in [0.1, 0.15) is 31.7 Å². The summed E-state index contributed by atoms with van der Waals surface area (Å²) in [6, 6.07) is 10.7. The minimum absolute atomic E-state index is 0.00487. The molecule has 108 valence electrons. The Morgan fingerprint density at radius 3 is 2.75 bits per heavy atom. The van der Waals surface area contributed by atoms with E-state index in [1.54, 1.807) is 0 Å². The zero-order valence-electron chi connectivity index (χ0n) is 12.0. The second-order valence-corrected chi connectivity index (χ2v) is 6.00. The number of rotatable bonds is 5. The number of hydrogen-bond donors (Lipinski definition) is 1. The largest absolute Gasteiger partial charge is 0.466 e. The Morgan fingerprint density at radius 1 is 1.25 bits per heavy atom. The number of benzene rings is 1. The second kappa shape index (κ2) is 5.96. The van der Waals surface area contributed by atoms with Gasteiger partial charge in [-0.05, 0) is 43.6 Å². The average Bonchev–Trinajstić information content (AvgIpc) is 3.07. The van der Waals surface area contributed by atoms with Crippen molar-refractivity contribution in [3.8, 4) is 0 Å². The molecule has 0 heterocycles. The maximum Gasteiger partial charge on any atom is 0.310 e. The van der Waals surface area contributed by atoms with Gasteiger partial charge in [0.05, 0.1) is 12.5 Å². The minimum atomic E-state index is 0.00487. The van der Waals surface area contributed by atoms with Gasteiger partial charge in [-0.2, -0.15) is 0 Å². The first-order chi connectivity index (χ1) is 9.79. The van der Waals surface area contributed by atoms with E-state index in [2.05, 4.69) is 29.6 Å². The quantitative estimate of drug-likeness (QED) is 0.838. The molecular formula is C17H23NO2. The highest BCUT2D eigenvalue weighted by molar-refractivity contribution is 5.74. The summed E-state index contributed by atoms with van der Waals surface area (Å²) in [6.45, 7) is 3.21. The molecule has 1 aromatic rings. The Hall–Kier alpha value is -1.35. The lowest BCUT2D eigenvalue weighted by Gasteiger charge is -2.30. The molecule has 2 bridgehead atoms. The first-order valence-corrected chi connectivity index (χ1v) is 7.73. The summed E-state index contributed by atoms with van der Waals surface area (Å²) in [4.78, 5) is 12.2. The van der Waals surface area contributed by atoms with E-state index in [1.807, 2.05) is 13.0 Å². The molecule has 0 spiro atoms. The first-order valence-electron chi connectivity index (χ1n) is 7.73. The summed E-state index contributed by atoms with van der Waals surface area (Å²) < 4.78 is 5.28. The number of carbonyl (C=O) groups excluding carboxylic acids is 1. The van der Waals surface area contributed by atoms with Gasteiger partial charge in [0, 0.05) is 12.6 Å². The highest BCUT2D eigenvalue weighted by Gasteiger charge is 2.51. The third kappa shape index (κ3) is 2.59. The van der Waals surface area contributed by atoms with E-state index in [4.69, 9.17) is 4.74 Å². The van der Waals surface area contributed by atoms with Crippen LogP contribution >= 0.6 is 0 Å². The Morgan fingerprint density at radius 2 is 2.00 bits per heavy atom. The van der Waals surface area contributed by atoms with Crippen molar-refractivity contribution in [1.82, 2.24) is 5.32 Å². The molecule has 3 rings (SSSR count). The van der Waals surface area contributed by atoms with Crippen LogP contribution in [0.25, 0.3) is 0 Å². The van der Waals surface area contributed by atoms with Crippen LogP contribution < -0.4 is 5.32 Å². The van der Waals surface area contributed by atoms with E-state index in [0.717, 1.165) is 6.54 Å². The van der Waals surface area contributed by atoms with Crippen LogP contribution in [0.2, 0.25) is 0 Å². The normalized spacial score (nSPS) is 31.4. The standard InChI is InChI=1S/C17H23NO2/c1-2-20-17(19)15-13-8-9-14(10-13)16(15)18-11-12-6-4-3-5-7-12/h3-7,13-16,18H,2,8-11H2,1H3. The van der Waals surface area contributed by atoms with Crippen molar-refractivity contribution in [2.75, 3.05) is 6.61 Å². The van der Waals surface area contributed by atoms with Gasteiger partial charge in [0.15, 0.2) is 0 Å². The lowest BCUT2D eigenvalue weighted by molar-refractivity contribution is -0.150. The highest BCUT2D eigenvalue weighted by atomic mass is 16.5. The Kier molecular flexibility index (Phi) is 4.06. The fourth-order valence-corrected chi connectivity index (χ4v) is 3.99. The number of nitrogens with one attached hydrogen (secondary N) is 1. The van der Waals surface area contributed by atoms with Crippen LogP contribution in [0.15, 0.2) is 30.3 Å². The van der Waals surface area contributed by atoms with Crippen molar-refractivity contribution in [2.45, 2.75) is 38.8 Å². The van der Waals surface area contributed by atoms with Gasteiger partial charge in [-0.1, -0.05) is 30.3 Å². The van der Waals surface area contributed by atoms with Gasteiger partial charge >= 0.3 is 5.97 Å². The second-order valence-electron chi connectivity index (χ2n) is 6.00. The molecule has 3 heteroatoms. The van der Waals surface area contributed by atoms with Gasteiger partial charge in [0.1, 0.15) is 0 Å². The average molecular weight is 273 g/mol. The molecule has 0 radical (unpaired) electrons. The minimum Gasteiger partial charge on any atom is -0.466 e. The van der Waals surface area contributed by atoms with Crippen molar-refractivity contribution >= 4 is 5.97 Å². The third-order valence-corrected chi connectivity index (χ3v) is 4.86. The van der Waals surface area contributed by atoms with Crippen molar-refractivity contribution in [3.05, 3.63) is 35.9 Å². The molecule has 0 saturated heterocycles. The van der Waals surface area contributed by atoms with Gasteiger partial charge in [-0.15, -0.1) is 0 Å². The summed E-state index contributed by atoms with van der Waals surface area (Å²) in [5.41, 5.74) is 1.28. The van der Waals surface area contributed by atoms with Crippen LogP contribution in [0.4, 0.5) is 0 Å². The van der Waals surface area contributed by atoms with Gasteiger partial charge in [0.25, 0.3) is 0 Å². The predicted octanol–water partition coefficient (Wildman–Crippen LogP) is 2.75. The lowest BCUT2D eigenvalue weighted by atomic mass is 9.84. The summed E-state index contributed by atoms with van der Waals surface area (Å²) in [5.74, 6) is 1.26. The van der Waals surface area contributed by atoms with Crippen molar-refractivity contribution in [2.24, 2.45) is 17.8 Å². The van der Waals surface area contributed by atoms with Crippen LogP contribution in [0.3, 0.4) is 0 Å². The summed E-state index contributed by atoms with van der Waals surface area (Å²) in [6.07, 6.45) is 3.64. The molecular weight excluding hydrogens is 250 g/mol. The first kappa shape index (κ1) is 13.6. The summed E-state index contributed by atoms with van der Waals surface area (Å²) in [7, 11) is 0. The van der Waals surface area contributed by atoms with Crippen LogP contribution in [0, 0.1) is 17.8 Å². The van der Waals surface area contributed by atoms with Gasteiger partial charge in [-0.25, -0.2) is 0 Å². The molecule has 0 aromatic heterocycles. The monoisotopic (exact) mass is 273 g/mol. The predicted molar refractivity (Wildman–Crippen MR) is 78.0 cm³/mol. The topological polar surface area (TPSA) is 38.3 Å². The smallest absolute Gasteiger partial charge is 0.310 e. The molecule has 1 aromatic carbocycles. The van der Waals surface area contributed by atoms with E-state index in [9.17, 15) is 4.79 Å². The van der Waals surface area contributed by atoms with Crippen molar-refractivity contribution < 1.29 is 9.53 Å². The number of esters is 1. The van der Waals surface area contributed by atoms with Gasteiger partial charge in [-0.3, -0.25) is 4.79 Å². The zero-order valence-corrected chi connectivity index (χ0v) is 12.0. The van der Waals surface area contributed by atoms with Gasteiger partial charge in [0.2, 0.25) is 0 Å². The highest BCUT2D eigenvalue weighted by Crippen LogP contribution is 2.49. The molecule has 0 aliphatic heterocycles. The Labute approximate surface area is 120 Å². The third-order valence-electron chi connectivity index (χ3n) is 4.86. The molecule has 2 saturated carbocycles. The fraction of sp³-hybridized carbons (Fsp3) is 0.588. The summed E-state index contributed by atoms with van der Waals surface area (Å²) in [5, 5.41) is 3.62. The van der Waals surface area contributed by atoms with Crippen LogP contribution in [-0.4, -0.2) is 18.6 Å². The molecule has 4 atom stereocenters. The molecule has 2 aliphatic carbocycles. The molecule has 2 fully saturated rings. The van der Waals surface area contributed by atoms with Crippen molar-refractivity contribution in [1.29, 1.82) is 0 Å². The molecule has 0 amide bonds. The molecule has 2 aliphatic rings. The molecule has 1 N–H and O–H groups in total. The van der Waals surface area contributed by atoms with E-state index >= 15 is 0 Å².